The van der Waals surface area contributed by atoms with Crippen molar-refractivity contribution in [2.75, 3.05) is 12.3 Å². The first-order valence-electron chi connectivity index (χ1n) is 4.34. The molecule has 0 spiro atoms. The highest BCUT2D eigenvalue weighted by atomic mass is 32.2. The van der Waals surface area contributed by atoms with E-state index in [1.807, 2.05) is 34.9 Å². The molecule has 1 aromatic rings. The molecule has 0 amide bonds. The van der Waals surface area contributed by atoms with Crippen molar-refractivity contribution in [3.8, 4) is 0 Å². The van der Waals surface area contributed by atoms with Gasteiger partial charge in [0.1, 0.15) is 0 Å². The third-order valence-electron chi connectivity index (χ3n) is 2.05. The number of benzene rings is 1. The number of carbonyl (C=O) groups is 1. The lowest BCUT2D eigenvalue weighted by Crippen LogP contribution is -2.17. The molecule has 1 heterocycles. The summed E-state index contributed by atoms with van der Waals surface area (Å²) in [5, 5.41) is 9.37. The summed E-state index contributed by atoms with van der Waals surface area (Å²) in [5.41, 5.74) is 0.954. The van der Waals surface area contributed by atoms with E-state index < -0.39 is 5.97 Å². The smallest absolute Gasteiger partial charge is 0.408 e. The second-order valence-corrected chi connectivity index (χ2v) is 4.03. The predicted molar refractivity (Wildman–Crippen MR) is 56.3 cm³/mol. The van der Waals surface area contributed by atoms with Crippen LogP contribution >= 0.6 is 11.8 Å². The molecule has 0 bridgehead atoms. The number of hydrogen-bond acceptors (Lipinski definition) is 2. The molecule has 72 valence electrons. The van der Waals surface area contributed by atoms with Crippen molar-refractivity contribution >= 4 is 28.5 Å². The highest BCUT2D eigenvalue weighted by Crippen LogP contribution is 2.20. The van der Waals surface area contributed by atoms with Crippen LogP contribution in [0.4, 0.5) is 5.69 Å². The van der Waals surface area contributed by atoms with E-state index in [9.17, 15) is 4.79 Å². The largest absolute Gasteiger partial charge is 0.473 e. The van der Waals surface area contributed by atoms with Crippen molar-refractivity contribution in [2.45, 2.75) is 0 Å². The van der Waals surface area contributed by atoms with Gasteiger partial charge >= 0.3 is 11.0 Å². The number of para-hydroxylation sites is 1. The van der Waals surface area contributed by atoms with Gasteiger partial charge in [0.15, 0.2) is 6.54 Å². The summed E-state index contributed by atoms with van der Waals surface area (Å²) in [6, 6.07) is 9.60. The average Bonchev–Trinajstić information content (AvgIpc) is 2.67. The van der Waals surface area contributed by atoms with Crippen LogP contribution in [0.1, 0.15) is 0 Å². The van der Waals surface area contributed by atoms with Gasteiger partial charge in [-0.25, -0.2) is 4.79 Å². The first kappa shape index (κ1) is 9.27. The standard InChI is InChI=1S/C10H9NO2S/c12-10(13)9-11(6-7-14-9)8-4-2-1-3-5-8/h1-5H,6-7H2/p+1. The summed E-state index contributed by atoms with van der Waals surface area (Å²) in [6.45, 7) is 0.774. The van der Waals surface area contributed by atoms with Crippen LogP contribution < -0.4 is 0 Å². The molecule has 0 fully saturated rings. The van der Waals surface area contributed by atoms with Gasteiger partial charge in [0.25, 0.3) is 0 Å². The van der Waals surface area contributed by atoms with E-state index in [-0.39, 0.29) is 0 Å². The molecule has 14 heavy (non-hydrogen) atoms. The number of thioether (sulfide) groups is 1. The molecule has 0 unspecified atom stereocenters. The van der Waals surface area contributed by atoms with Crippen molar-refractivity contribution in [3.05, 3.63) is 30.3 Å². The van der Waals surface area contributed by atoms with Crippen LogP contribution in [0.3, 0.4) is 0 Å². The van der Waals surface area contributed by atoms with Gasteiger partial charge in [-0.1, -0.05) is 18.2 Å². The molecule has 0 aliphatic carbocycles. The Morgan fingerprint density at radius 2 is 2.07 bits per heavy atom. The Balaban J connectivity index is 2.43. The van der Waals surface area contributed by atoms with Crippen molar-refractivity contribution in [1.82, 2.24) is 0 Å². The van der Waals surface area contributed by atoms with Crippen molar-refractivity contribution in [2.24, 2.45) is 0 Å². The maximum atomic E-state index is 10.9. The minimum atomic E-state index is -0.837. The molecule has 0 aromatic heterocycles. The summed E-state index contributed by atoms with van der Waals surface area (Å²) >= 11 is 1.40. The number of carboxylic acids is 1. The second kappa shape index (κ2) is 3.84. The Bertz CT molecular complexity index is 386. The maximum Gasteiger partial charge on any atom is 0.408 e. The Morgan fingerprint density at radius 3 is 2.71 bits per heavy atom. The molecule has 0 saturated heterocycles. The van der Waals surface area contributed by atoms with E-state index in [4.69, 9.17) is 5.11 Å². The zero-order valence-electron chi connectivity index (χ0n) is 7.51. The van der Waals surface area contributed by atoms with Crippen LogP contribution in [0.25, 0.3) is 0 Å². The van der Waals surface area contributed by atoms with Gasteiger partial charge in [-0.15, -0.1) is 0 Å². The number of carboxylic acid groups (broad SMARTS) is 1. The summed E-state index contributed by atoms with van der Waals surface area (Å²) in [4.78, 5) is 10.9. The molecular formula is C10H10NO2S+. The summed E-state index contributed by atoms with van der Waals surface area (Å²) < 4.78 is 1.84. The third-order valence-corrected chi connectivity index (χ3v) is 3.10. The fraction of sp³-hybridized carbons (Fsp3) is 0.200. The fourth-order valence-electron chi connectivity index (χ4n) is 1.44. The molecule has 1 aliphatic heterocycles. The second-order valence-electron chi connectivity index (χ2n) is 2.95. The van der Waals surface area contributed by atoms with Gasteiger partial charge in [0, 0.05) is 12.1 Å². The molecule has 1 N–H and O–H groups in total. The first-order chi connectivity index (χ1) is 6.79. The lowest BCUT2D eigenvalue weighted by Gasteiger charge is -1.96. The van der Waals surface area contributed by atoms with Crippen LogP contribution in [0.2, 0.25) is 0 Å². The summed E-state index contributed by atoms with van der Waals surface area (Å²) in [6.07, 6.45) is 0. The van der Waals surface area contributed by atoms with Gasteiger partial charge < -0.3 is 5.11 Å². The van der Waals surface area contributed by atoms with E-state index >= 15 is 0 Å². The normalized spacial score (nSPS) is 16.0. The van der Waals surface area contributed by atoms with Crippen LogP contribution in [-0.2, 0) is 4.79 Å². The molecule has 4 heteroatoms. The highest BCUT2D eigenvalue weighted by Gasteiger charge is 2.30. The van der Waals surface area contributed by atoms with Crippen molar-refractivity contribution in [3.63, 3.8) is 0 Å². The zero-order valence-corrected chi connectivity index (χ0v) is 8.33. The van der Waals surface area contributed by atoms with Crippen molar-refractivity contribution in [1.29, 1.82) is 0 Å². The first-order valence-corrected chi connectivity index (χ1v) is 5.33. The quantitative estimate of drug-likeness (QED) is 0.750. The number of hydrogen-bond donors (Lipinski definition) is 1. The number of aliphatic carboxylic acids is 1. The monoisotopic (exact) mass is 208 g/mol. The Labute approximate surface area is 86.1 Å². The maximum absolute atomic E-state index is 10.9. The van der Waals surface area contributed by atoms with Gasteiger partial charge in [-0.3, -0.25) is 0 Å². The molecule has 0 atom stereocenters. The van der Waals surface area contributed by atoms with Crippen LogP contribution in [-0.4, -0.2) is 33.0 Å². The summed E-state index contributed by atoms with van der Waals surface area (Å²) in [7, 11) is 0. The SMILES string of the molecule is O=C(O)C1=[N+](c2ccccc2)CCS1. The molecule has 0 radical (unpaired) electrons. The minimum Gasteiger partial charge on any atom is -0.473 e. The van der Waals surface area contributed by atoms with E-state index in [2.05, 4.69) is 0 Å². The minimum absolute atomic E-state index is 0.427. The average molecular weight is 208 g/mol. The Morgan fingerprint density at radius 1 is 1.36 bits per heavy atom. The molecule has 3 nitrogen and oxygen atoms in total. The molecular weight excluding hydrogens is 198 g/mol. The Kier molecular flexibility index (Phi) is 2.54. The molecule has 0 saturated carbocycles. The van der Waals surface area contributed by atoms with E-state index in [1.54, 1.807) is 0 Å². The Hall–Kier alpha value is -1.29. The molecule has 1 aromatic carbocycles. The van der Waals surface area contributed by atoms with Crippen molar-refractivity contribution < 1.29 is 14.5 Å². The third kappa shape index (κ3) is 1.65. The fourth-order valence-corrected chi connectivity index (χ4v) is 2.39. The van der Waals surface area contributed by atoms with Crippen LogP contribution in [0, 0.1) is 0 Å². The van der Waals surface area contributed by atoms with E-state index in [1.165, 1.54) is 11.8 Å². The predicted octanol–water partition coefficient (Wildman–Crippen LogP) is 1.56. The number of rotatable bonds is 2. The zero-order chi connectivity index (χ0) is 9.97. The molecule has 2 rings (SSSR count). The van der Waals surface area contributed by atoms with E-state index in [0.717, 1.165) is 18.0 Å². The van der Waals surface area contributed by atoms with Gasteiger partial charge in [-0.05, 0) is 11.8 Å². The lowest BCUT2D eigenvalue weighted by atomic mass is 10.3. The highest BCUT2D eigenvalue weighted by molar-refractivity contribution is 8.15. The van der Waals surface area contributed by atoms with E-state index in [0.29, 0.717) is 5.04 Å². The lowest BCUT2D eigenvalue weighted by molar-refractivity contribution is -0.428. The van der Waals surface area contributed by atoms with Crippen LogP contribution in [0.15, 0.2) is 30.3 Å². The van der Waals surface area contributed by atoms with Gasteiger partial charge in [-0.2, -0.15) is 4.58 Å². The number of nitrogens with zero attached hydrogens (tertiary/aromatic N) is 1. The van der Waals surface area contributed by atoms with Gasteiger partial charge in [0.2, 0.25) is 5.69 Å². The molecule has 1 aliphatic rings. The topological polar surface area (TPSA) is 40.3 Å². The van der Waals surface area contributed by atoms with Crippen LogP contribution in [0.5, 0.6) is 0 Å². The van der Waals surface area contributed by atoms with Gasteiger partial charge in [0.05, 0.1) is 5.75 Å². The summed E-state index contributed by atoms with van der Waals surface area (Å²) in [5.74, 6) is 0.00707.